The highest BCUT2D eigenvalue weighted by molar-refractivity contribution is 7.15. The lowest BCUT2D eigenvalue weighted by atomic mass is 10.4. The van der Waals surface area contributed by atoms with Crippen molar-refractivity contribution in [2.45, 2.75) is 6.18 Å². The minimum absolute atomic E-state index is 0.0597. The topological polar surface area (TPSA) is 58.6 Å². The van der Waals surface area contributed by atoms with Gasteiger partial charge in [-0.3, -0.25) is 4.79 Å². The number of H-pyrrole nitrogens is 1. The van der Waals surface area contributed by atoms with Gasteiger partial charge in [-0.2, -0.15) is 13.2 Å². The predicted molar refractivity (Wildman–Crippen MR) is 51.0 cm³/mol. The molecule has 2 aromatic rings. The summed E-state index contributed by atoms with van der Waals surface area (Å²) in [5, 5.41) is -0.993. The van der Waals surface area contributed by atoms with Crippen LogP contribution in [0.5, 0.6) is 0 Å². The zero-order chi connectivity index (χ0) is 11.8. The van der Waals surface area contributed by atoms with Crippen molar-refractivity contribution in [1.82, 2.24) is 15.0 Å². The number of hydrogen-bond acceptors (Lipinski definition) is 4. The molecular formula is C8H4F3N3OS. The molecule has 0 spiro atoms. The average molecular weight is 247 g/mol. The molecule has 0 aromatic carbocycles. The van der Waals surface area contributed by atoms with Crippen LogP contribution in [0, 0.1) is 0 Å². The Bertz CT molecular complexity index is 560. The summed E-state index contributed by atoms with van der Waals surface area (Å²) in [5.74, 6) is 0. The van der Waals surface area contributed by atoms with E-state index in [0.717, 1.165) is 6.20 Å². The van der Waals surface area contributed by atoms with Gasteiger partial charge >= 0.3 is 6.18 Å². The number of halogens is 3. The highest BCUT2D eigenvalue weighted by Gasteiger charge is 2.34. The van der Waals surface area contributed by atoms with Gasteiger partial charge in [0.25, 0.3) is 5.56 Å². The Morgan fingerprint density at radius 3 is 2.62 bits per heavy atom. The van der Waals surface area contributed by atoms with Crippen molar-refractivity contribution in [1.29, 1.82) is 0 Å². The van der Waals surface area contributed by atoms with E-state index in [1.165, 1.54) is 12.4 Å². The summed E-state index contributed by atoms with van der Waals surface area (Å²) in [4.78, 5) is 20.6. The summed E-state index contributed by atoms with van der Waals surface area (Å²) >= 11 is 0.388. The molecule has 0 aliphatic carbocycles. The highest BCUT2D eigenvalue weighted by atomic mass is 32.1. The molecule has 2 aromatic heterocycles. The van der Waals surface area contributed by atoms with Crippen LogP contribution >= 0.6 is 11.3 Å². The third kappa shape index (κ3) is 1.96. The fourth-order valence-corrected chi connectivity index (χ4v) is 1.82. The van der Waals surface area contributed by atoms with Crippen LogP contribution < -0.4 is 5.56 Å². The van der Waals surface area contributed by atoms with Gasteiger partial charge in [-0.15, -0.1) is 11.3 Å². The zero-order valence-electron chi connectivity index (χ0n) is 7.58. The maximum absolute atomic E-state index is 12.3. The van der Waals surface area contributed by atoms with Crippen molar-refractivity contribution >= 4 is 11.3 Å². The van der Waals surface area contributed by atoms with E-state index >= 15 is 0 Å². The van der Waals surface area contributed by atoms with E-state index in [1.807, 2.05) is 0 Å². The first-order valence-electron chi connectivity index (χ1n) is 4.05. The summed E-state index contributed by atoms with van der Waals surface area (Å²) < 4.78 is 36.8. The van der Waals surface area contributed by atoms with Crippen molar-refractivity contribution in [3.05, 3.63) is 34.0 Å². The Balaban J connectivity index is 2.48. The number of nitrogens with zero attached hydrogens (tertiary/aromatic N) is 2. The first-order chi connectivity index (χ1) is 7.48. The van der Waals surface area contributed by atoms with Crippen molar-refractivity contribution in [2.75, 3.05) is 0 Å². The molecule has 1 N–H and O–H groups in total. The van der Waals surface area contributed by atoms with Crippen molar-refractivity contribution < 1.29 is 13.2 Å². The SMILES string of the molecule is O=c1[nH]ccnc1-c1cnc(C(F)(F)F)s1. The van der Waals surface area contributed by atoms with Crippen molar-refractivity contribution in [2.24, 2.45) is 0 Å². The summed E-state index contributed by atoms with van der Waals surface area (Å²) in [6.07, 6.45) is -0.906. The second kappa shape index (κ2) is 3.71. The number of thiazole rings is 1. The number of aromatic amines is 1. The zero-order valence-corrected chi connectivity index (χ0v) is 8.39. The lowest BCUT2D eigenvalue weighted by molar-refractivity contribution is -0.137. The Hall–Kier alpha value is -1.70. The number of hydrogen-bond donors (Lipinski definition) is 1. The van der Waals surface area contributed by atoms with E-state index in [9.17, 15) is 18.0 Å². The van der Waals surface area contributed by atoms with Gasteiger partial charge in [-0.25, -0.2) is 9.97 Å². The molecule has 0 aliphatic heterocycles. The van der Waals surface area contributed by atoms with E-state index in [4.69, 9.17) is 0 Å². The second-order valence-corrected chi connectivity index (χ2v) is 3.82. The van der Waals surface area contributed by atoms with Crippen LogP contribution in [0.1, 0.15) is 5.01 Å². The minimum atomic E-state index is -4.50. The van der Waals surface area contributed by atoms with Crippen LogP contribution in [0.15, 0.2) is 23.4 Å². The smallest absolute Gasteiger partial charge is 0.326 e. The van der Waals surface area contributed by atoms with Gasteiger partial charge in [-0.05, 0) is 0 Å². The largest absolute Gasteiger partial charge is 0.443 e. The Labute approximate surface area is 90.8 Å². The molecule has 2 rings (SSSR count). The molecule has 0 unspecified atom stereocenters. The van der Waals surface area contributed by atoms with E-state index in [1.54, 1.807) is 0 Å². The highest BCUT2D eigenvalue weighted by Crippen LogP contribution is 2.34. The van der Waals surface area contributed by atoms with Gasteiger partial charge in [0.2, 0.25) is 0 Å². The average Bonchev–Trinajstić information content (AvgIpc) is 2.66. The third-order valence-corrected chi connectivity index (χ3v) is 2.74. The number of rotatable bonds is 1. The lowest BCUT2D eigenvalue weighted by Gasteiger charge is -1.98. The van der Waals surface area contributed by atoms with Crippen LogP contribution in [0.4, 0.5) is 13.2 Å². The summed E-state index contributed by atoms with van der Waals surface area (Å²) in [6, 6.07) is 0. The Morgan fingerprint density at radius 1 is 1.31 bits per heavy atom. The van der Waals surface area contributed by atoms with Gasteiger partial charge in [0.15, 0.2) is 5.01 Å². The van der Waals surface area contributed by atoms with Gasteiger partial charge < -0.3 is 4.98 Å². The molecule has 0 atom stereocenters. The van der Waals surface area contributed by atoms with E-state index in [-0.39, 0.29) is 10.6 Å². The number of nitrogens with one attached hydrogen (secondary N) is 1. The van der Waals surface area contributed by atoms with Crippen LogP contribution in [0.25, 0.3) is 10.6 Å². The maximum Gasteiger partial charge on any atom is 0.443 e. The second-order valence-electron chi connectivity index (χ2n) is 2.79. The van der Waals surface area contributed by atoms with E-state index in [2.05, 4.69) is 15.0 Å². The summed E-state index contributed by atoms with van der Waals surface area (Å²) in [5.41, 5.74) is -0.602. The number of aromatic nitrogens is 3. The first-order valence-corrected chi connectivity index (χ1v) is 4.87. The molecule has 0 radical (unpaired) electrons. The third-order valence-electron chi connectivity index (χ3n) is 1.69. The van der Waals surface area contributed by atoms with Crippen LogP contribution in [-0.2, 0) is 6.18 Å². The van der Waals surface area contributed by atoms with Crippen LogP contribution in [-0.4, -0.2) is 15.0 Å². The quantitative estimate of drug-likeness (QED) is 0.837. The molecule has 0 amide bonds. The van der Waals surface area contributed by atoms with Crippen LogP contribution in [0.3, 0.4) is 0 Å². The molecule has 0 saturated heterocycles. The Morgan fingerprint density at radius 2 is 2.06 bits per heavy atom. The number of alkyl halides is 3. The lowest BCUT2D eigenvalue weighted by Crippen LogP contribution is -2.08. The maximum atomic E-state index is 12.3. The van der Waals surface area contributed by atoms with Crippen molar-refractivity contribution in [3.8, 4) is 10.6 Å². The molecule has 8 heteroatoms. The van der Waals surface area contributed by atoms with Gasteiger partial charge in [0.1, 0.15) is 5.69 Å². The molecule has 16 heavy (non-hydrogen) atoms. The fraction of sp³-hybridized carbons (Fsp3) is 0.125. The van der Waals surface area contributed by atoms with Crippen LogP contribution in [0.2, 0.25) is 0 Å². The molecule has 84 valence electrons. The monoisotopic (exact) mass is 247 g/mol. The summed E-state index contributed by atoms with van der Waals surface area (Å²) in [6.45, 7) is 0. The predicted octanol–water partition coefficient (Wildman–Crippen LogP) is 1.91. The van der Waals surface area contributed by atoms with Gasteiger partial charge in [-0.1, -0.05) is 0 Å². The molecule has 0 saturated carbocycles. The first kappa shape index (κ1) is 10.8. The van der Waals surface area contributed by atoms with Crippen molar-refractivity contribution in [3.63, 3.8) is 0 Å². The van der Waals surface area contributed by atoms with Gasteiger partial charge in [0.05, 0.1) is 4.88 Å². The molecule has 0 aliphatic rings. The fourth-order valence-electron chi connectivity index (χ4n) is 1.04. The molecular weight excluding hydrogens is 243 g/mol. The standard InChI is InChI=1S/C8H4F3N3OS/c9-8(10,11)7-14-3-4(16-7)5-6(15)13-2-1-12-5/h1-3H,(H,13,15). The van der Waals surface area contributed by atoms with Gasteiger partial charge in [0, 0.05) is 18.6 Å². The minimum Gasteiger partial charge on any atom is -0.326 e. The van der Waals surface area contributed by atoms with E-state index in [0.29, 0.717) is 11.3 Å². The molecule has 4 nitrogen and oxygen atoms in total. The molecule has 0 fully saturated rings. The molecule has 0 bridgehead atoms. The normalized spacial score (nSPS) is 11.7. The summed E-state index contributed by atoms with van der Waals surface area (Å²) in [7, 11) is 0. The Kier molecular flexibility index (Phi) is 2.50. The van der Waals surface area contributed by atoms with E-state index < -0.39 is 16.7 Å². The molecule has 2 heterocycles.